The van der Waals surface area contributed by atoms with Crippen molar-refractivity contribution >= 4 is 0 Å². The molecule has 2 aliphatic carbocycles. The molecule has 2 aliphatic rings. The average Bonchev–Trinajstić information content (AvgIpc) is 2.28. The maximum absolute atomic E-state index is 9.28. The molecule has 0 radical (unpaired) electrons. The van der Waals surface area contributed by atoms with Crippen LogP contribution in [0.5, 0.6) is 0 Å². The SMILES string of the molecule is C=C1CCC=C(CO)CCC2C1CC2(C)C. The zero-order valence-electron chi connectivity index (χ0n) is 10.6. The van der Waals surface area contributed by atoms with Crippen molar-refractivity contribution in [3.63, 3.8) is 0 Å². The van der Waals surface area contributed by atoms with E-state index in [0.29, 0.717) is 5.41 Å². The van der Waals surface area contributed by atoms with Gasteiger partial charge in [0, 0.05) is 0 Å². The zero-order chi connectivity index (χ0) is 11.8. The van der Waals surface area contributed by atoms with E-state index in [1.54, 1.807) is 0 Å². The first kappa shape index (κ1) is 11.9. The lowest BCUT2D eigenvalue weighted by atomic mass is 9.52. The molecule has 1 saturated carbocycles. The summed E-state index contributed by atoms with van der Waals surface area (Å²) in [7, 11) is 0. The summed E-state index contributed by atoms with van der Waals surface area (Å²) in [5.74, 6) is 1.54. The van der Waals surface area contributed by atoms with Gasteiger partial charge < -0.3 is 5.11 Å². The third kappa shape index (κ3) is 2.10. The lowest BCUT2D eigenvalue weighted by molar-refractivity contribution is 0.00350. The van der Waals surface area contributed by atoms with Crippen molar-refractivity contribution in [3.05, 3.63) is 23.8 Å². The maximum Gasteiger partial charge on any atom is 0.0641 e. The van der Waals surface area contributed by atoms with Crippen molar-refractivity contribution in [2.24, 2.45) is 17.3 Å². The molecular formula is C15H24O. The number of fused-ring (bicyclic) bond motifs is 1. The number of allylic oxidation sites excluding steroid dienone is 2. The number of hydrogen-bond donors (Lipinski definition) is 1. The first-order valence-electron chi connectivity index (χ1n) is 6.51. The molecule has 0 saturated heterocycles. The monoisotopic (exact) mass is 220 g/mol. The van der Waals surface area contributed by atoms with Gasteiger partial charge in [-0.05, 0) is 54.9 Å². The highest BCUT2D eigenvalue weighted by molar-refractivity contribution is 5.16. The Morgan fingerprint density at radius 2 is 2.19 bits per heavy atom. The first-order valence-corrected chi connectivity index (χ1v) is 6.51. The van der Waals surface area contributed by atoms with Gasteiger partial charge in [0.15, 0.2) is 0 Å². The molecule has 2 unspecified atom stereocenters. The quantitative estimate of drug-likeness (QED) is 0.668. The smallest absolute Gasteiger partial charge is 0.0641 e. The van der Waals surface area contributed by atoms with Gasteiger partial charge >= 0.3 is 0 Å². The number of aliphatic hydroxyl groups excluding tert-OH is 1. The van der Waals surface area contributed by atoms with Crippen LogP contribution in [0.1, 0.15) is 46.0 Å². The summed E-state index contributed by atoms with van der Waals surface area (Å²) in [6.07, 6.45) is 8.02. The summed E-state index contributed by atoms with van der Waals surface area (Å²) >= 11 is 0. The van der Waals surface area contributed by atoms with E-state index in [-0.39, 0.29) is 6.61 Å². The lowest BCUT2D eigenvalue weighted by Gasteiger charge is -2.53. The van der Waals surface area contributed by atoms with E-state index < -0.39 is 0 Å². The third-order valence-electron chi connectivity index (χ3n) is 4.64. The second kappa shape index (κ2) is 4.37. The van der Waals surface area contributed by atoms with Crippen molar-refractivity contribution in [1.29, 1.82) is 0 Å². The van der Waals surface area contributed by atoms with Crippen LogP contribution in [0.2, 0.25) is 0 Å². The summed E-state index contributed by atoms with van der Waals surface area (Å²) in [5.41, 5.74) is 3.16. The molecule has 2 rings (SSSR count). The Kier molecular flexibility index (Phi) is 3.25. The molecular weight excluding hydrogens is 196 g/mol. The van der Waals surface area contributed by atoms with Gasteiger partial charge in [-0.25, -0.2) is 0 Å². The van der Waals surface area contributed by atoms with Crippen LogP contribution in [0.15, 0.2) is 23.8 Å². The second-order valence-corrected chi connectivity index (χ2v) is 6.16. The van der Waals surface area contributed by atoms with Gasteiger partial charge in [-0.15, -0.1) is 0 Å². The van der Waals surface area contributed by atoms with E-state index >= 15 is 0 Å². The van der Waals surface area contributed by atoms with E-state index in [1.165, 1.54) is 24.0 Å². The average molecular weight is 220 g/mol. The van der Waals surface area contributed by atoms with Crippen LogP contribution in [-0.2, 0) is 0 Å². The van der Waals surface area contributed by atoms with Crippen LogP contribution in [-0.4, -0.2) is 11.7 Å². The van der Waals surface area contributed by atoms with Crippen LogP contribution in [0, 0.1) is 17.3 Å². The van der Waals surface area contributed by atoms with Crippen LogP contribution < -0.4 is 0 Å². The van der Waals surface area contributed by atoms with E-state index in [2.05, 4.69) is 26.5 Å². The Bertz CT molecular complexity index is 311. The van der Waals surface area contributed by atoms with E-state index in [0.717, 1.165) is 31.1 Å². The zero-order valence-corrected chi connectivity index (χ0v) is 10.6. The molecule has 0 amide bonds. The van der Waals surface area contributed by atoms with Gasteiger partial charge in [0.25, 0.3) is 0 Å². The second-order valence-electron chi connectivity index (χ2n) is 6.16. The summed E-state index contributed by atoms with van der Waals surface area (Å²) < 4.78 is 0. The predicted molar refractivity (Wildman–Crippen MR) is 68.2 cm³/mol. The van der Waals surface area contributed by atoms with Crippen molar-refractivity contribution in [2.75, 3.05) is 6.61 Å². The first-order chi connectivity index (χ1) is 7.54. The van der Waals surface area contributed by atoms with Gasteiger partial charge in [-0.3, -0.25) is 0 Å². The summed E-state index contributed by atoms with van der Waals surface area (Å²) in [5, 5.41) is 9.28. The molecule has 1 N–H and O–H groups in total. The van der Waals surface area contributed by atoms with Crippen LogP contribution in [0.25, 0.3) is 0 Å². The lowest BCUT2D eigenvalue weighted by Crippen LogP contribution is -2.44. The van der Waals surface area contributed by atoms with Gasteiger partial charge in [-0.1, -0.05) is 32.1 Å². The highest BCUT2D eigenvalue weighted by Crippen LogP contribution is 2.56. The van der Waals surface area contributed by atoms with Gasteiger partial charge in [0.05, 0.1) is 6.61 Å². The molecule has 0 spiro atoms. The fraction of sp³-hybridized carbons (Fsp3) is 0.733. The molecule has 2 atom stereocenters. The molecule has 1 fully saturated rings. The Morgan fingerprint density at radius 1 is 1.44 bits per heavy atom. The van der Waals surface area contributed by atoms with E-state index in [1.807, 2.05) is 0 Å². The minimum absolute atomic E-state index is 0.240. The molecule has 0 bridgehead atoms. The Labute approximate surface area is 99.3 Å². The molecule has 1 nitrogen and oxygen atoms in total. The highest BCUT2D eigenvalue weighted by Gasteiger charge is 2.47. The Hall–Kier alpha value is -0.560. The molecule has 0 aromatic heterocycles. The van der Waals surface area contributed by atoms with Gasteiger partial charge in [0.1, 0.15) is 0 Å². The normalized spacial score (nSPS) is 33.9. The molecule has 0 heterocycles. The largest absolute Gasteiger partial charge is 0.392 e. The van der Waals surface area contributed by atoms with Crippen molar-refractivity contribution in [2.45, 2.75) is 46.0 Å². The Morgan fingerprint density at radius 3 is 2.81 bits per heavy atom. The molecule has 0 aromatic carbocycles. The van der Waals surface area contributed by atoms with E-state index in [9.17, 15) is 5.11 Å². The molecule has 16 heavy (non-hydrogen) atoms. The molecule has 1 heteroatoms. The third-order valence-corrected chi connectivity index (χ3v) is 4.64. The molecule has 0 aromatic rings. The van der Waals surface area contributed by atoms with Crippen molar-refractivity contribution in [3.8, 4) is 0 Å². The van der Waals surface area contributed by atoms with Crippen LogP contribution >= 0.6 is 0 Å². The van der Waals surface area contributed by atoms with Gasteiger partial charge in [-0.2, -0.15) is 0 Å². The number of aliphatic hydroxyl groups is 1. The minimum Gasteiger partial charge on any atom is -0.392 e. The molecule has 0 aliphatic heterocycles. The Balaban J connectivity index is 2.11. The van der Waals surface area contributed by atoms with E-state index in [4.69, 9.17) is 0 Å². The van der Waals surface area contributed by atoms with Gasteiger partial charge in [0.2, 0.25) is 0 Å². The summed E-state index contributed by atoms with van der Waals surface area (Å²) in [6.45, 7) is 9.26. The summed E-state index contributed by atoms with van der Waals surface area (Å²) in [4.78, 5) is 0. The van der Waals surface area contributed by atoms with Crippen LogP contribution in [0.4, 0.5) is 0 Å². The topological polar surface area (TPSA) is 20.2 Å². The minimum atomic E-state index is 0.240. The maximum atomic E-state index is 9.28. The van der Waals surface area contributed by atoms with Crippen molar-refractivity contribution in [1.82, 2.24) is 0 Å². The molecule has 90 valence electrons. The fourth-order valence-corrected chi connectivity index (χ4v) is 3.50. The number of hydrogen-bond acceptors (Lipinski definition) is 1. The van der Waals surface area contributed by atoms with Crippen LogP contribution in [0.3, 0.4) is 0 Å². The number of rotatable bonds is 1. The highest BCUT2D eigenvalue weighted by atomic mass is 16.3. The summed E-state index contributed by atoms with van der Waals surface area (Å²) in [6, 6.07) is 0. The standard InChI is InChI=1S/C15H24O/c1-11-5-4-6-12(10-16)7-8-14-13(11)9-15(14,2)3/h6,13-14,16H,1,4-5,7-10H2,2-3H3. The van der Waals surface area contributed by atoms with Crippen molar-refractivity contribution < 1.29 is 5.11 Å². The predicted octanol–water partition coefficient (Wildman–Crippen LogP) is 3.70. The fourth-order valence-electron chi connectivity index (χ4n) is 3.50.